The van der Waals surface area contributed by atoms with Crippen molar-refractivity contribution in [1.82, 2.24) is 10.2 Å². The molecule has 0 radical (unpaired) electrons. The van der Waals surface area contributed by atoms with Gasteiger partial charge in [0, 0.05) is 0 Å². The molecule has 1 amide bonds. The van der Waals surface area contributed by atoms with Gasteiger partial charge in [-0.15, -0.1) is 0 Å². The zero-order chi connectivity index (χ0) is 12.4. The third-order valence-corrected chi connectivity index (χ3v) is 4.22. The summed E-state index contributed by atoms with van der Waals surface area (Å²) in [7, 11) is 1.94. The fourth-order valence-electron chi connectivity index (χ4n) is 2.80. The van der Waals surface area contributed by atoms with Crippen molar-refractivity contribution in [2.24, 2.45) is 5.92 Å². The molecule has 1 atom stereocenters. The van der Waals surface area contributed by atoms with Crippen molar-refractivity contribution in [2.45, 2.75) is 56.6 Å². The standard InChI is InChI=1S/C12H23BrN2O/c1-11(2,13)15(9-16)12(3,14-4)10-7-5-6-8-10/h9-10,14H,5-8H2,1-4H3. The van der Waals surface area contributed by atoms with Crippen LogP contribution in [0, 0.1) is 5.92 Å². The van der Waals surface area contributed by atoms with Crippen molar-refractivity contribution in [3.05, 3.63) is 0 Å². The van der Waals surface area contributed by atoms with Gasteiger partial charge in [0.05, 0.1) is 10.1 Å². The first-order valence-electron chi connectivity index (χ1n) is 5.99. The van der Waals surface area contributed by atoms with E-state index in [1.54, 1.807) is 0 Å². The Morgan fingerprint density at radius 1 is 1.31 bits per heavy atom. The van der Waals surface area contributed by atoms with Crippen molar-refractivity contribution >= 4 is 22.3 Å². The van der Waals surface area contributed by atoms with E-state index in [9.17, 15) is 4.79 Å². The molecule has 0 spiro atoms. The number of halogens is 1. The Morgan fingerprint density at radius 2 is 1.81 bits per heavy atom. The molecular formula is C12H23BrN2O. The molecule has 16 heavy (non-hydrogen) atoms. The average Bonchev–Trinajstić information content (AvgIpc) is 2.69. The van der Waals surface area contributed by atoms with Crippen LogP contribution in [0.2, 0.25) is 0 Å². The van der Waals surface area contributed by atoms with E-state index in [1.807, 2.05) is 25.8 Å². The van der Waals surface area contributed by atoms with Gasteiger partial charge >= 0.3 is 0 Å². The topological polar surface area (TPSA) is 32.3 Å². The van der Waals surface area contributed by atoms with Gasteiger partial charge in [0.2, 0.25) is 6.41 Å². The zero-order valence-corrected chi connectivity index (χ0v) is 12.3. The highest BCUT2D eigenvalue weighted by Gasteiger charge is 2.44. The van der Waals surface area contributed by atoms with Crippen molar-refractivity contribution in [3.8, 4) is 0 Å². The lowest BCUT2D eigenvalue weighted by atomic mass is 9.90. The molecule has 94 valence electrons. The van der Waals surface area contributed by atoms with Crippen LogP contribution in [-0.2, 0) is 4.79 Å². The van der Waals surface area contributed by atoms with Gasteiger partial charge in [-0.25, -0.2) is 0 Å². The summed E-state index contributed by atoms with van der Waals surface area (Å²) < 4.78 is -0.324. The summed E-state index contributed by atoms with van der Waals surface area (Å²) >= 11 is 3.58. The predicted octanol–water partition coefficient (Wildman–Crippen LogP) is 2.70. The Hall–Kier alpha value is -0.0900. The van der Waals surface area contributed by atoms with Crippen LogP contribution in [0.4, 0.5) is 0 Å². The molecule has 0 bridgehead atoms. The second-order valence-corrected chi connectivity index (χ2v) is 7.20. The highest BCUT2D eigenvalue weighted by Crippen LogP contribution is 2.39. The van der Waals surface area contributed by atoms with Crippen LogP contribution in [0.15, 0.2) is 0 Å². The van der Waals surface area contributed by atoms with Crippen LogP contribution >= 0.6 is 15.9 Å². The number of nitrogens with one attached hydrogen (secondary N) is 1. The molecule has 3 nitrogen and oxygen atoms in total. The normalized spacial score (nSPS) is 21.8. The third kappa shape index (κ3) is 2.59. The minimum atomic E-state index is -0.324. The summed E-state index contributed by atoms with van der Waals surface area (Å²) in [4.78, 5) is 13.2. The number of hydrogen-bond donors (Lipinski definition) is 1. The van der Waals surface area contributed by atoms with E-state index < -0.39 is 0 Å². The van der Waals surface area contributed by atoms with Crippen LogP contribution in [0.3, 0.4) is 0 Å². The second kappa shape index (κ2) is 5.05. The first kappa shape index (κ1) is 14.0. The van der Waals surface area contributed by atoms with Gasteiger partial charge in [0.1, 0.15) is 0 Å². The van der Waals surface area contributed by atoms with Crippen LogP contribution in [0.1, 0.15) is 46.5 Å². The minimum Gasteiger partial charge on any atom is -0.312 e. The number of rotatable bonds is 5. The number of carbonyl (C=O) groups is 1. The highest BCUT2D eigenvalue weighted by molar-refractivity contribution is 9.10. The Bertz CT molecular complexity index is 246. The Morgan fingerprint density at radius 3 is 2.12 bits per heavy atom. The lowest BCUT2D eigenvalue weighted by Crippen LogP contribution is -2.63. The first-order valence-corrected chi connectivity index (χ1v) is 6.78. The largest absolute Gasteiger partial charge is 0.312 e. The number of alkyl halides is 1. The summed E-state index contributed by atoms with van der Waals surface area (Å²) in [6.07, 6.45) is 5.90. The van der Waals surface area contributed by atoms with E-state index >= 15 is 0 Å². The van der Waals surface area contributed by atoms with Gasteiger partial charge in [-0.2, -0.15) is 0 Å². The highest BCUT2D eigenvalue weighted by atomic mass is 79.9. The molecular weight excluding hydrogens is 268 g/mol. The lowest BCUT2D eigenvalue weighted by Gasteiger charge is -2.49. The van der Waals surface area contributed by atoms with E-state index in [4.69, 9.17) is 0 Å². The zero-order valence-electron chi connectivity index (χ0n) is 10.7. The molecule has 1 unspecified atom stereocenters. The van der Waals surface area contributed by atoms with Gasteiger partial charge in [-0.1, -0.05) is 28.8 Å². The number of nitrogens with zero attached hydrogens (tertiary/aromatic N) is 1. The SMILES string of the molecule is CNC(C)(C1CCCC1)N(C=O)C(C)(C)Br. The van der Waals surface area contributed by atoms with Crippen LogP contribution in [0.5, 0.6) is 0 Å². The predicted molar refractivity (Wildman–Crippen MR) is 70.3 cm³/mol. The van der Waals surface area contributed by atoms with Crippen molar-refractivity contribution in [3.63, 3.8) is 0 Å². The molecule has 0 aromatic carbocycles. The van der Waals surface area contributed by atoms with Gasteiger partial charge in [0.15, 0.2) is 0 Å². The maximum atomic E-state index is 11.4. The Labute approximate surface area is 107 Å². The second-order valence-electron chi connectivity index (χ2n) is 5.26. The maximum absolute atomic E-state index is 11.4. The number of hydrogen-bond acceptors (Lipinski definition) is 2. The summed E-state index contributed by atoms with van der Waals surface area (Å²) in [6.45, 7) is 6.14. The van der Waals surface area contributed by atoms with Crippen LogP contribution in [-0.4, -0.2) is 28.5 Å². The molecule has 1 rings (SSSR count). The quantitative estimate of drug-likeness (QED) is 0.365. The van der Waals surface area contributed by atoms with Crippen LogP contribution < -0.4 is 5.32 Å². The molecule has 1 fully saturated rings. The summed E-state index contributed by atoms with van der Waals surface area (Å²) in [6, 6.07) is 0. The van der Waals surface area contributed by atoms with Gasteiger partial charge < -0.3 is 4.90 Å². The molecule has 0 aliphatic heterocycles. The molecule has 1 aliphatic carbocycles. The van der Waals surface area contributed by atoms with E-state index in [1.165, 1.54) is 25.7 Å². The fraction of sp³-hybridized carbons (Fsp3) is 0.917. The monoisotopic (exact) mass is 290 g/mol. The van der Waals surface area contributed by atoms with Crippen LogP contribution in [0.25, 0.3) is 0 Å². The van der Waals surface area contributed by atoms with Gasteiger partial charge in [-0.3, -0.25) is 10.1 Å². The third-order valence-electron chi connectivity index (χ3n) is 3.83. The molecule has 0 aromatic rings. The smallest absolute Gasteiger partial charge is 0.212 e. The summed E-state index contributed by atoms with van der Waals surface area (Å²) in [5, 5.41) is 3.34. The number of carbonyl (C=O) groups excluding carboxylic acids is 1. The molecule has 1 aliphatic rings. The number of amides is 1. The molecule has 1 saturated carbocycles. The lowest BCUT2D eigenvalue weighted by molar-refractivity contribution is -0.131. The Balaban J connectivity index is 2.96. The average molecular weight is 291 g/mol. The van der Waals surface area contributed by atoms with E-state index in [2.05, 4.69) is 28.2 Å². The first-order chi connectivity index (χ1) is 7.36. The molecule has 0 heterocycles. The fourth-order valence-corrected chi connectivity index (χ4v) is 3.25. The van der Waals surface area contributed by atoms with E-state index in [0.29, 0.717) is 5.92 Å². The van der Waals surface area contributed by atoms with Gasteiger partial charge in [-0.05, 0) is 46.6 Å². The molecule has 0 saturated heterocycles. The Kier molecular flexibility index (Phi) is 4.41. The van der Waals surface area contributed by atoms with E-state index in [0.717, 1.165) is 6.41 Å². The van der Waals surface area contributed by atoms with Crippen molar-refractivity contribution in [2.75, 3.05) is 7.05 Å². The van der Waals surface area contributed by atoms with Gasteiger partial charge in [0.25, 0.3) is 0 Å². The minimum absolute atomic E-state index is 0.259. The molecule has 4 heteroatoms. The van der Waals surface area contributed by atoms with E-state index in [-0.39, 0.29) is 10.1 Å². The van der Waals surface area contributed by atoms with Crippen molar-refractivity contribution in [1.29, 1.82) is 0 Å². The van der Waals surface area contributed by atoms with Crippen molar-refractivity contribution < 1.29 is 4.79 Å². The summed E-state index contributed by atoms with van der Waals surface area (Å²) in [5.74, 6) is 0.541. The molecule has 1 N–H and O–H groups in total. The summed E-state index contributed by atoms with van der Waals surface area (Å²) in [5.41, 5.74) is -0.259. The maximum Gasteiger partial charge on any atom is 0.212 e. The molecule has 0 aromatic heterocycles.